The molecule has 1 amide bonds. The van der Waals surface area contributed by atoms with Crippen LogP contribution in [0.25, 0.3) is 5.76 Å². The predicted molar refractivity (Wildman–Crippen MR) is 135 cm³/mol. The second-order valence-electron chi connectivity index (χ2n) is 9.35. The summed E-state index contributed by atoms with van der Waals surface area (Å²) < 4.78 is 5.78. The average molecular weight is 465 g/mol. The summed E-state index contributed by atoms with van der Waals surface area (Å²) in [4.78, 5) is 29.8. The van der Waals surface area contributed by atoms with Crippen LogP contribution >= 0.6 is 0 Å². The van der Waals surface area contributed by atoms with Crippen LogP contribution in [0, 0.1) is 0 Å². The minimum Gasteiger partial charge on any atom is -0.507 e. The molecule has 1 heterocycles. The molecule has 34 heavy (non-hydrogen) atoms. The zero-order valence-electron chi connectivity index (χ0n) is 20.9. The van der Waals surface area contributed by atoms with Crippen LogP contribution in [0.15, 0.2) is 54.1 Å². The van der Waals surface area contributed by atoms with Gasteiger partial charge in [-0.2, -0.15) is 0 Å². The predicted octanol–water partition coefficient (Wildman–Crippen LogP) is 4.97. The van der Waals surface area contributed by atoms with Crippen LogP contribution in [0.5, 0.6) is 5.75 Å². The third-order valence-electron chi connectivity index (χ3n) is 6.12. The van der Waals surface area contributed by atoms with Crippen LogP contribution in [0.2, 0.25) is 0 Å². The molecule has 182 valence electrons. The van der Waals surface area contributed by atoms with Gasteiger partial charge in [0.2, 0.25) is 0 Å². The molecule has 0 spiro atoms. The number of hydrogen-bond acceptors (Lipinski definition) is 5. The number of Topliss-reactive ketones (excluding diaryl/α,β-unsaturated/α-hetero) is 1. The van der Waals surface area contributed by atoms with Crippen molar-refractivity contribution in [2.75, 3.05) is 33.8 Å². The number of likely N-dealkylation sites (tertiary alicyclic amines) is 1. The maximum Gasteiger partial charge on any atom is 0.295 e. The first-order chi connectivity index (χ1) is 16.2. The van der Waals surface area contributed by atoms with E-state index in [1.807, 2.05) is 49.3 Å². The maximum atomic E-state index is 13.2. The number of rotatable bonds is 10. The lowest BCUT2D eigenvalue weighted by atomic mass is 9.93. The Morgan fingerprint density at radius 3 is 2.44 bits per heavy atom. The van der Waals surface area contributed by atoms with Crippen molar-refractivity contribution in [3.63, 3.8) is 0 Å². The van der Waals surface area contributed by atoms with Crippen molar-refractivity contribution in [2.45, 2.75) is 45.6 Å². The van der Waals surface area contributed by atoms with Gasteiger partial charge in [-0.15, -0.1) is 0 Å². The van der Waals surface area contributed by atoms with Crippen LogP contribution in [0.4, 0.5) is 0 Å². The number of carbonyl (C=O) groups is 2. The van der Waals surface area contributed by atoms with E-state index in [2.05, 4.69) is 20.8 Å². The summed E-state index contributed by atoms with van der Waals surface area (Å²) in [6.45, 7) is 7.90. The molecule has 0 radical (unpaired) electrons. The Morgan fingerprint density at radius 1 is 1.12 bits per heavy atom. The van der Waals surface area contributed by atoms with Gasteiger partial charge in [0.25, 0.3) is 11.7 Å². The number of nitrogens with zero attached hydrogens (tertiary/aromatic N) is 2. The highest BCUT2D eigenvalue weighted by molar-refractivity contribution is 6.46. The number of likely N-dealkylation sites (N-methyl/N-ethyl adjacent to an activating group) is 1. The number of ether oxygens (including phenoxy) is 1. The van der Waals surface area contributed by atoms with Gasteiger partial charge < -0.3 is 19.6 Å². The van der Waals surface area contributed by atoms with Crippen molar-refractivity contribution in [3.05, 3.63) is 70.8 Å². The number of aliphatic hydroxyl groups is 1. The Morgan fingerprint density at radius 2 is 1.82 bits per heavy atom. The first kappa shape index (κ1) is 25.5. The van der Waals surface area contributed by atoms with Crippen LogP contribution in [-0.2, 0) is 9.59 Å². The fourth-order valence-corrected chi connectivity index (χ4v) is 4.05. The second-order valence-corrected chi connectivity index (χ2v) is 9.35. The molecule has 0 aliphatic carbocycles. The van der Waals surface area contributed by atoms with E-state index in [1.165, 1.54) is 5.56 Å². The van der Waals surface area contributed by atoms with E-state index in [0.717, 1.165) is 18.4 Å². The first-order valence-electron chi connectivity index (χ1n) is 12.0. The van der Waals surface area contributed by atoms with Gasteiger partial charge in [-0.1, -0.05) is 63.6 Å². The standard InChI is InChI=1S/C28H36N2O4/c1-6-7-17-34-23-10-8-9-22(18-23)26(31)24-25(21-13-11-20(12-14-21)19(2)3)30(16-15-29(4)5)28(33)27(24)32/h8-14,18-19,25,31H,6-7,15-17H2,1-5H3. The quantitative estimate of drug-likeness (QED) is 0.233. The van der Waals surface area contributed by atoms with Crippen LogP contribution in [-0.4, -0.2) is 60.4 Å². The molecule has 6 heteroatoms. The van der Waals surface area contributed by atoms with E-state index in [9.17, 15) is 14.7 Å². The molecule has 3 rings (SSSR count). The van der Waals surface area contributed by atoms with Crippen molar-refractivity contribution in [2.24, 2.45) is 0 Å². The zero-order valence-corrected chi connectivity index (χ0v) is 20.9. The molecular formula is C28H36N2O4. The molecule has 0 bridgehead atoms. The summed E-state index contributed by atoms with van der Waals surface area (Å²) in [5.74, 6) is -0.436. The fourth-order valence-electron chi connectivity index (χ4n) is 4.05. The highest BCUT2D eigenvalue weighted by atomic mass is 16.5. The van der Waals surface area contributed by atoms with Gasteiger partial charge in [0.15, 0.2) is 0 Å². The Labute approximate surface area is 202 Å². The molecule has 1 aliphatic rings. The van der Waals surface area contributed by atoms with Gasteiger partial charge in [0.1, 0.15) is 11.5 Å². The summed E-state index contributed by atoms with van der Waals surface area (Å²) >= 11 is 0. The molecule has 1 atom stereocenters. The number of carbonyl (C=O) groups excluding carboxylic acids is 2. The van der Waals surface area contributed by atoms with E-state index in [4.69, 9.17) is 4.74 Å². The van der Waals surface area contributed by atoms with Crippen molar-refractivity contribution >= 4 is 17.4 Å². The average Bonchev–Trinajstić information content (AvgIpc) is 3.07. The van der Waals surface area contributed by atoms with E-state index < -0.39 is 17.7 Å². The van der Waals surface area contributed by atoms with Crippen molar-refractivity contribution in [1.29, 1.82) is 0 Å². The Bertz CT molecular complexity index is 1040. The van der Waals surface area contributed by atoms with Crippen LogP contribution < -0.4 is 4.74 Å². The smallest absolute Gasteiger partial charge is 0.295 e. The Balaban J connectivity index is 2.06. The first-order valence-corrected chi connectivity index (χ1v) is 12.0. The maximum absolute atomic E-state index is 13.2. The zero-order chi connectivity index (χ0) is 24.8. The number of ketones is 1. The molecule has 6 nitrogen and oxygen atoms in total. The summed E-state index contributed by atoms with van der Waals surface area (Å²) in [7, 11) is 3.85. The number of unbranched alkanes of at least 4 members (excludes halogenated alkanes) is 1. The Kier molecular flexibility index (Phi) is 8.51. The monoisotopic (exact) mass is 464 g/mol. The van der Waals surface area contributed by atoms with E-state index in [-0.39, 0.29) is 11.3 Å². The highest BCUT2D eigenvalue weighted by Crippen LogP contribution is 2.40. The van der Waals surface area contributed by atoms with Gasteiger partial charge in [-0.25, -0.2) is 0 Å². The van der Waals surface area contributed by atoms with E-state index >= 15 is 0 Å². The molecule has 2 aromatic rings. The number of amides is 1. The fraction of sp³-hybridized carbons (Fsp3) is 0.429. The molecule has 0 aromatic heterocycles. The molecule has 1 fully saturated rings. The van der Waals surface area contributed by atoms with Crippen molar-refractivity contribution in [3.8, 4) is 5.75 Å². The molecule has 1 aliphatic heterocycles. The minimum absolute atomic E-state index is 0.117. The largest absolute Gasteiger partial charge is 0.507 e. The molecule has 2 aromatic carbocycles. The lowest BCUT2D eigenvalue weighted by molar-refractivity contribution is -0.140. The van der Waals surface area contributed by atoms with Gasteiger partial charge >= 0.3 is 0 Å². The number of aliphatic hydroxyl groups excluding tert-OH is 1. The van der Waals surface area contributed by atoms with Gasteiger partial charge in [-0.05, 0) is 49.7 Å². The third-order valence-corrected chi connectivity index (χ3v) is 6.12. The number of benzene rings is 2. The minimum atomic E-state index is -0.661. The van der Waals surface area contributed by atoms with Crippen molar-refractivity contribution in [1.82, 2.24) is 9.80 Å². The Hall–Kier alpha value is -3.12. The van der Waals surface area contributed by atoms with Crippen LogP contribution in [0.3, 0.4) is 0 Å². The van der Waals surface area contributed by atoms with Crippen molar-refractivity contribution < 1.29 is 19.4 Å². The summed E-state index contributed by atoms with van der Waals surface area (Å²) in [5, 5.41) is 11.3. The highest BCUT2D eigenvalue weighted by Gasteiger charge is 2.45. The molecule has 0 saturated carbocycles. The molecular weight excluding hydrogens is 428 g/mol. The molecule has 1 unspecified atom stereocenters. The summed E-state index contributed by atoms with van der Waals surface area (Å²) in [6.07, 6.45) is 1.95. The van der Waals surface area contributed by atoms with E-state index in [0.29, 0.717) is 36.9 Å². The number of hydrogen-bond donors (Lipinski definition) is 1. The van der Waals surface area contributed by atoms with E-state index in [1.54, 1.807) is 23.1 Å². The molecule has 1 N–H and O–H groups in total. The topological polar surface area (TPSA) is 70.1 Å². The van der Waals surface area contributed by atoms with Gasteiger partial charge in [-0.3, -0.25) is 9.59 Å². The lowest BCUT2D eigenvalue weighted by Gasteiger charge is -2.27. The van der Waals surface area contributed by atoms with Crippen LogP contribution in [0.1, 0.15) is 62.3 Å². The molecule has 1 saturated heterocycles. The van der Waals surface area contributed by atoms with Gasteiger partial charge in [0, 0.05) is 18.7 Å². The van der Waals surface area contributed by atoms with Gasteiger partial charge in [0.05, 0.1) is 18.2 Å². The SMILES string of the molecule is CCCCOc1cccc(C(O)=C2C(=O)C(=O)N(CCN(C)C)C2c2ccc(C(C)C)cc2)c1. The third kappa shape index (κ3) is 5.68. The summed E-state index contributed by atoms with van der Waals surface area (Å²) in [6, 6.07) is 14.4. The summed E-state index contributed by atoms with van der Waals surface area (Å²) in [5.41, 5.74) is 2.56. The lowest BCUT2D eigenvalue weighted by Crippen LogP contribution is -2.35. The normalized spacial score (nSPS) is 17.7. The second kappa shape index (κ2) is 11.3.